The first-order valence-electron chi connectivity index (χ1n) is 5.09. The van der Waals surface area contributed by atoms with Crippen LogP contribution >= 0.6 is 15.9 Å². The number of rotatable bonds is 5. The van der Waals surface area contributed by atoms with Crippen LogP contribution in [0.4, 0.5) is 0 Å². The number of hydrogen-bond acceptors (Lipinski definition) is 2. The number of hydrogen-bond donors (Lipinski definition) is 0. The zero-order chi connectivity index (χ0) is 11.3. The predicted molar refractivity (Wildman–Crippen MR) is 66.1 cm³/mol. The summed E-state index contributed by atoms with van der Waals surface area (Å²) in [6, 6.07) is 5.92. The summed E-state index contributed by atoms with van der Waals surface area (Å²) in [6.45, 7) is 2.17. The van der Waals surface area contributed by atoms with Gasteiger partial charge in [-0.2, -0.15) is 0 Å². The largest absolute Gasteiger partial charge is 0.497 e. The van der Waals surface area contributed by atoms with Crippen molar-refractivity contribution in [3.63, 3.8) is 0 Å². The Bertz CT molecular complexity index is 312. The van der Waals surface area contributed by atoms with Crippen LogP contribution < -0.4 is 9.47 Å². The lowest BCUT2D eigenvalue weighted by Gasteiger charge is -2.14. The molecule has 1 unspecified atom stereocenters. The lowest BCUT2D eigenvalue weighted by Crippen LogP contribution is -1.96. The van der Waals surface area contributed by atoms with Gasteiger partial charge in [-0.1, -0.05) is 35.3 Å². The second-order valence-corrected chi connectivity index (χ2v) is 4.47. The lowest BCUT2D eigenvalue weighted by atomic mass is 10.1. The van der Waals surface area contributed by atoms with Gasteiger partial charge < -0.3 is 9.47 Å². The number of halogens is 1. The third kappa shape index (κ3) is 3.13. The van der Waals surface area contributed by atoms with Gasteiger partial charge in [-0.3, -0.25) is 0 Å². The number of methoxy groups -OCH3 is 2. The first-order chi connectivity index (χ1) is 7.22. The van der Waals surface area contributed by atoms with Crippen LogP contribution in [0.25, 0.3) is 0 Å². The van der Waals surface area contributed by atoms with Gasteiger partial charge in [-0.15, -0.1) is 0 Å². The average Bonchev–Trinajstić information content (AvgIpc) is 2.28. The molecule has 0 amide bonds. The van der Waals surface area contributed by atoms with Crippen LogP contribution in [0.2, 0.25) is 0 Å². The summed E-state index contributed by atoms with van der Waals surface area (Å²) in [5, 5.41) is 0. The Kier molecular flexibility index (Phi) is 4.95. The van der Waals surface area contributed by atoms with Gasteiger partial charge in [0.15, 0.2) is 0 Å². The van der Waals surface area contributed by atoms with E-state index in [9.17, 15) is 0 Å². The van der Waals surface area contributed by atoms with Gasteiger partial charge in [-0.25, -0.2) is 0 Å². The van der Waals surface area contributed by atoms with E-state index in [2.05, 4.69) is 22.9 Å². The Morgan fingerprint density at radius 3 is 2.53 bits per heavy atom. The standard InChI is InChI=1S/C12H17BrO2/c1-4-5-11(13)10-7-6-9(14-2)8-12(10)15-3/h6-8,11H,4-5H2,1-3H3. The summed E-state index contributed by atoms with van der Waals surface area (Å²) in [7, 11) is 3.34. The number of ether oxygens (including phenoxy) is 2. The van der Waals surface area contributed by atoms with E-state index >= 15 is 0 Å². The van der Waals surface area contributed by atoms with Gasteiger partial charge in [0.25, 0.3) is 0 Å². The summed E-state index contributed by atoms with van der Waals surface area (Å²) in [5.41, 5.74) is 1.18. The van der Waals surface area contributed by atoms with E-state index in [1.807, 2.05) is 18.2 Å². The number of benzene rings is 1. The van der Waals surface area contributed by atoms with Crippen molar-refractivity contribution in [1.82, 2.24) is 0 Å². The topological polar surface area (TPSA) is 18.5 Å². The van der Waals surface area contributed by atoms with Gasteiger partial charge in [0.05, 0.1) is 14.2 Å². The molecule has 0 N–H and O–H groups in total. The van der Waals surface area contributed by atoms with Gasteiger partial charge in [-0.05, 0) is 12.5 Å². The molecule has 1 atom stereocenters. The molecular formula is C12H17BrO2. The molecule has 0 aliphatic carbocycles. The van der Waals surface area contributed by atoms with E-state index in [1.165, 1.54) is 5.56 Å². The maximum Gasteiger partial charge on any atom is 0.126 e. The maximum absolute atomic E-state index is 5.35. The minimum Gasteiger partial charge on any atom is -0.497 e. The van der Waals surface area contributed by atoms with Crippen molar-refractivity contribution in [2.45, 2.75) is 24.6 Å². The second-order valence-electron chi connectivity index (χ2n) is 3.36. The fourth-order valence-corrected chi connectivity index (χ4v) is 2.32. The van der Waals surface area contributed by atoms with E-state index in [0.717, 1.165) is 24.3 Å². The van der Waals surface area contributed by atoms with Crippen LogP contribution in [0.15, 0.2) is 18.2 Å². The Hall–Kier alpha value is -0.700. The Labute approximate surface area is 99.7 Å². The molecule has 84 valence electrons. The smallest absolute Gasteiger partial charge is 0.126 e. The first-order valence-corrected chi connectivity index (χ1v) is 6.00. The first kappa shape index (κ1) is 12.4. The zero-order valence-corrected chi connectivity index (χ0v) is 11.0. The molecule has 1 aromatic rings. The highest BCUT2D eigenvalue weighted by Gasteiger charge is 2.12. The lowest BCUT2D eigenvalue weighted by molar-refractivity contribution is 0.390. The average molecular weight is 273 g/mol. The van der Waals surface area contributed by atoms with Crippen LogP contribution in [-0.4, -0.2) is 14.2 Å². The van der Waals surface area contributed by atoms with E-state index in [-0.39, 0.29) is 0 Å². The van der Waals surface area contributed by atoms with Crippen molar-refractivity contribution in [2.24, 2.45) is 0 Å². The van der Waals surface area contributed by atoms with Crippen molar-refractivity contribution < 1.29 is 9.47 Å². The SMILES string of the molecule is CCCC(Br)c1ccc(OC)cc1OC. The highest BCUT2D eigenvalue weighted by molar-refractivity contribution is 9.09. The molecule has 2 nitrogen and oxygen atoms in total. The molecule has 3 heteroatoms. The molecule has 0 radical (unpaired) electrons. The summed E-state index contributed by atoms with van der Waals surface area (Å²) in [5.74, 6) is 1.71. The van der Waals surface area contributed by atoms with E-state index < -0.39 is 0 Å². The minimum atomic E-state index is 0.350. The van der Waals surface area contributed by atoms with E-state index in [0.29, 0.717) is 4.83 Å². The molecule has 0 aromatic heterocycles. The van der Waals surface area contributed by atoms with Gasteiger partial charge in [0, 0.05) is 16.5 Å². The van der Waals surface area contributed by atoms with Gasteiger partial charge in [0.1, 0.15) is 11.5 Å². The fourth-order valence-electron chi connectivity index (χ4n) is 1.49. The van der Waals surface area contributed by atoms with Crippen molar-refractivity contribution in [3.8, 4) is 11.5 Å². The van der Waals surface area contributed by atoms with Crippen molar-refractivity contribution in [1.29, 1.82) is 0 Å². The molecule has 0 heterocycles. The second kappa shape index (κ2) is 6.01. The molecule has 0 saturated carbocycles. The molecule has 15 heavy (non-hydrogen) atoms. The molecule has 0 aliphatic heterocycles. The fraction of sp³-hybridized carbons (Fsp3) is 0.500. The minimum absolute atomic E-state index is 0.350. The molecule has 1 aromatic carbocycles. The molecule has 1 rings (SSSR count). The Morgan fingerprint density at radius 2 is 2.00 bits per heavy atom. The molecule has 0 saturated heterocycles. The Balaban J connectivity index is 2.96. The Morgan fingerprint density at radius 1 is 1.27 bits per heavy atom. The highest BCUT2D eigenvalue weighted by Crippen LogP contribution is 2.36. The summed E-state index contributed by atoms with van der Waals surface area (Å²) < 4.78 is 10.5. The zero-order valence-electron chi connectivity index (χ0n) is 9.42. The van der Waals surface area contributed by atoms with Crippen LogP contribution in [0.5, 0.6) is 11.5 Å². The predicted octanol–water partition coefficient (Wildman–Crippen LogP) is 3.94. The van der Waals surface area contributed by atoms with Crippen LogP contribution in [0, 0.1) is 0 Å². The summed E-state index contributed by atoms with van der Waals surface area (Å²) in [4.78, 5) is 0.350. The van der Waals surface area contributed by atoms with Crippen molar-refractivity contribution in [3.05, 3.63) is 23.8 Å². The van der Waals surface area contributed by atoms with E-state index in [1.54, 1.807) is 14.2 Å². The van der Waals surface area contributed by atoms with Crippen molar-refractivity contribution >= 4 is 15.9 Å². The quantitative estimate of drug-likeness (QED) is 0.756. The summed E-state index contributed by atoms with van der Waals surface area (Å²) >= 11 is 3.66. The van der Waals surface area contributed by atoms with Crippen molar-refractivity contribution in [2.75, 3.05) is 14.2 Å². The third-order valence-electron chi connectivity index (χ3n) is 2.32. The number of alkyl halides is 1. The van der Waals surface area contributed by atoms with E-state index in [4.69, 9.17) is 9.47 Å². The maximum atomic E-state index is 5.35. The molecule has 0 fully saturated rings. The normalized spacial score (nSPS) is 12.3. The monoisotopic (exact) mass is 272 g/mol. The van der Waals surface area contributed by atoms with Gasteiger partial charge in [0.2, 0.25) is 0 Å². The third-order valence-corrected chi connectivity index (χ3v) is 3.27. The van der Waals surface area contributed by atoms with Gasteiger partial charge >= 0.3 is 0 Å². The van der Waals surface area contributed by atoms with Crippen LogP contribution in [-0.2, 0) is 0 Å². The van der Waals surface area contributed by atoms with Crippen LogP contribution in [0.3, 0.4) is 0 Å². The molecular weight excluding hydrogens is 256 g/mol. The van der Waals surface area contributed by atoms with Crippen LogP contribution in [0.1, 0.15) is 30.2 Å². The molecule has 0 bridgehead atoms. The highest BCUT2D eigenvalue weighted by atomic mass is 79.9. The summed E-state index contributed by atoms with van der Waals surface area (Å²) in [6.07, 6.45) is 2.24. The molecule has 0 spiro atoms. The molecule has 0 aliphatic rings.